The van der Waals surface area contributed by atoms with Crippen molar-refractivity contribution in [2.75, 3.05) is 0 Å². The molecule has 0 spiro atoms. The molecule has 0 fully saturated rings. The number of benzene rings is 2. The van der Waals surface area contributed by atoms with Gasteiger partial charge in [-0.25, -0.2) is 0 Å². The first-order valence-corrected chi connectivity index (χ1v) is 7.74. The lowest BCUT2D eigenvalue weighted by molar-refractivity contribution is 0.267. The van der Waals surface area contributed by atoms with Crippen LogP contribution in [0.5, 0.6) is 0 Å². The lowest BCUT2D eigenvalue weighted by Crippen LogP contribution is -2.12. The molecule has 2 heteroatoms. The number of hydrogen-bond donors (Lipinski definition) is 0. The highest BCUT2D eigenvalue weighted by Crippen LogP contribution is 2.32. The van der Waals surface area contributed by atoms with Crippen molar-refractivity contribution in [1.82, 2.24) is 0 Å². The van der Waals surface area contributed by atoms with Crippen LogP contribution in [0.15, 0.2) is 54.6 Å². The minimum absolute atomic E-state index is 0.187. The third-order valence-electron chi connectivity index (χ3n) is 3.06. The zero-order valence-electron chi connectivity index (χ0n) is 13.7. The van der Waals surface area contributed by atoms with Crippen LogP contribution in [0.3, 0.4) is 0 Å². The fraction of sp³-hybridized carbons (Fsp3) is 0.368. The Kier molecular flexibility index (Phi) is 6.86. The maximum Gasteiger partial charge on any atom is 0.246 e. The molecule has 3 radical (unpaired) electrons. The summed E-state index contributed by atoms with van der Waals surface area (Å²) in [6, 6.07) is 19.2. The van der Waals surface area contributed by atoms with Crippen molar-refractivity contribution in [2.45, 2.75) is 46.1 Å². The van der Waals surface area contributed by atoms with E-state index in [1.165, 1.54) is 16.7 Å². The Balaban J connectivity index is 0.000000383. The first-order chi connectivity index (χ1) is 9.86. The highest BCUT2D eigenvalue weighted by molar-refractivity contribution is 5.98. The molecule has 0 N–H and O–H groups in total. The molecule has 21 heavy (non-hydrogen) atoms. The van der Waals surface area contributed by atoms with Gasteiger partial charge in [0.15, 0.2) is 0 Å². The van der Waals surface area contributed by atoms with Crippen LogP contribution in [0.4, 0.5) is 0 Å². The van der Waals surface area contributed by atoms with Crippen molar-refractivity contribution in [3.8, 4) is 11.1 Å². The van der Waals surface area contributed by atoms with Crippen LogP contribution in [-0.4, -0.2) is 16.6 Å². The second-order valence-electron chi connectivity index (χ2n) is 6.33. The fourth-order valence-electron chi connectivity index (χ4n) is 2.01. The first kappa shape index (κ1) is 17.7. The summed E-state index contributed by atoms with van der Waals surface area (Å²) in [5.74, 6) is 0. The maximum absolute atomic E-state index is 4.56. The third-order valence-corrected chi connectivity index (χ3v) is 3.53. The second-order valence-corrected chi connectivity index (χ2v) is 6.56. The summed E-state index contributed by atoms with van der Waals surface area (Å²) < 4.78 is 4.56. The first-order valence-electron chi connectivity index (χ1n) is 7.33. The lowest BCUT2D eigenvalue weighted by Gasteiger charge is -2.23. The largest absolute Gasteiger partial charge is 0.416 e. The van der Waals surface area contributed by atoms with Gasteiger partial charge in [0.1, 0.15) is 0 Å². The van der Waals surface area contributed by atoms with Crippen LogP contribution in [-0.2, 0) is 9.84 Å². The van der Waals surface area contributed by atoms with E-state index in [9.17, 15) is 0 Å². The van der Waals surface area contributed by atoms with E-state index in [-0.39, 0.29) is 5.41 Å². The molecule has 0 saturated carbocycles. The molecule has 0 aromatic heterocycles. The van der Waals surface area contributed by atoms with Gasteiger partial charge in [-0.2, -0.15) is 0 Å². The molecular weight excluding hydrogens is 272 g/mol. The van der Waals surface area contributed by atoms with Gasteiger partial charge in [0.2, 0.25) is 10.5 Å². The van der Waals surface area contributed by atoms with E-state index in [2.05, 4.69) is 90.3 Å². The molecule has 0 unspecified atom stereocenters. The molecule has 2 aromatic carbocycles. The highest BCUT2D eigenvalue weighted by Gasteiger charge is 2.17. The summed E-state index contributed by atoms with van der Waals surface area (Å²) in [6.45, 7) is 10.7. The average Bonchev–Trinajstić information content (AvgIpc) is 2.48. The summed E-state index contributed by atoms with van der Waals surface area (Å²) in [5.41, 5.74) is 4.23. The van der Waals surface area contributed by atoms with Crippen molar-refractivity contribution < 1.29 is 4.43 Å². The summed E-state index contributed by atoms with van der Waals surface area (Å²) in [5, 5.41) is 0. The molecule has 0 bridgehead atoms. The van der Waals surface area contributed by atoms with Gasteiger partial charge in [0, 0.05) is 6.10 Å². The Bertz CT molecular complexity index is 527. The van der Waals surface area contributed by atoms with Gasteiger partial charge >= 0.3 is 0 Å². The molecule has 0 amide bonds. The van der Waals surface area contributed by atoms with Gasteiger partial charge < -0.3 is 4.43 Å². The normalized spacial score (nSPS) is 11.0. The van der Waals surface area contributed by atoms with Gasteiger partial charge in [-0.3, -0.25) is 0 Å². The van der Waals surface area contributed by atoms with E-state index in [0.717, 1.165) is 0 Å². The van der Waals surface area contributed by atoms with Gasteiger partial charge in [0.25, 0.3) is 0 Å². The summed E-state index contributed by atoms with van der Waals surface area (Å²) in [6.07, 6.45) is 0.298. The predicted octanol–water partition coefficient (Wildman–Crippen LogP) is 5.15. The highest BCUT2D eigenvalue weighted by atomic mass is 28.2. The number of hydrogen-bond acceptors (Lipinski definition) is 1. The zero-order chi connectivity index (χ0) is 15.9. The molecule has 0 aliphatic carbocycles. The van der Waals surface area contributed by atoms with Crippen LogP contribution in [0.1, 0.15) is 40.2 Å². The molecule has 0 atom stereocenters. The summed E-state index contributed by atoms with van der Waals surface area (Å²) >= 11 is 0. The van der Waals surface area contributed by atoms with Crippen molar-refractivity contribution in [3.05, 3.63) is 60.2 Å². The minimum atomic E-state index is 0.187. The molecule has 0 aliphatic heterocycles. The van der Waals surface area contributed by atoms with E-state index in [1.54, 1.807) is 0 Å². The van der Waals surface area contributed by atoms with Crippen LogP contribution < -0.4 is 0 Å². The summed E-state index contributed by atoms with van der Waals surface area (Å²) in [4.78, 5) is 0. The Morgan fingerprint density at radius 3 is 1.81 bits per heavy atom. The van der Waals surface area contributed by atoms with E-state index >= 15 is 0 Å². The van der Waals surface area contributed by atoms with E-state index in [0.29, 0.717) is 6.10 Å². The summed E-state index contributed by atoms with van der Waals surface area (Å²) in [7, 11) is 2.85. The zero-order valence-corrected chi connectivity index (χ0v) is 14.7. The quantitative estimate of drug-likeness (QED) is 0.697. The van der Waals surface area contributed by atoms with Crippen molar-refractivity contribution in [1.29, 1.82) is 0 Å². The second kappa shape index (κ2) is 8.16. The van der Waals surface area contributed by atoms with Crippen molar-refractivity contribution in [3.63, 3.8) is 0 Å². The van der Waals surface area contributed by atoms with Crippen molar-refractivity contribution in [2.24, 2.45) is 0 Å². The average molecular weight is 297 g/mol. The Morgan fingerprint density at radius 1 is 0.857 bits per heavy atom. The van der Waals surface area contributed by atoms with Crippen LogP contribution in [0, 0.1) is 0 Å². The monoisotopic (exact) mass is 297 g/mol. The standard InChI is InChI=1S/C16H18.C3H7OSi/c1-16(2,3)15-12-8-7-11-14(15)13-9-5-4-6-10-13;1-3(2)4-5/h4-12H,1-3H3;3H,1-2H3. The smallest absolute Gasteiger partial charge is 0.246 e. The Labute approximate surface area is 132 Å². The van der Waals surface area contributed by atoms with E-state index < -0.39 is 0 Å². The molecule has 1 nitrogen and oxygen atoms in total. The Hall–Kier alpha value is -1.38. The molecular formula is C19H25OSi. The van der Waals surface area contributed by atoms with E-state index in [1.807, 2.05) is 13.8 Å². The predicted molar refractivity (Wildman–Crippen MR) is 92.6 cm³/mol. The third kappa shape index (κ3) is 5.86. The number of rotatable bonds is 2. The molecule has 2 aromatic rings. The maximum atomic E-state index is 4.56. The molecule has 0 aliphatic rings. The van der Waals surface area contributed by atoms with Gasteiger partial charge in [-0.05, 0) is 36.0 Å². The molecule has 111 valence electrons. The molecule has 2 rings (SSSR count). The van der Waals surface area contributed by atoms with Crippen LogP contribution >= 0.6 is 0 Å². The minimum Gasteiger partial charge on any atom is -0.416 e. The SMILES string of the molecule is CC(C)(C)c1ccccc1-c1ccccc1.CC(C)O[Si]. The van der Waals surface area contributed by atoms with E-state index in [4.69, 9.17) is 0 Å². The van der Waals surface area contributed by atoms with Crippen molar-refractivity contribution >= 4 is 10.5 Å². The lowest BCUT2D eigenvalue weighted by atomic mass is 9.82. The van der Waals surface area contributed by atoms with Crippen LogP contribution in [0.25, 0.3) is 11.1 Å². The van der Waals surface area contributed by atoms with Crippen LogP contribution in [0.2, 0.25) is 0 Å². The molecule has 0 heterocycles. The molecule has 0 saturated heterocycles. The fourth-order valence-corrected chi connectivity index (χ4v) is 2.01. The topological polar surface area (TPSA) is 9.23 Å². The van der Waals surface area contributed by atoms with Gasteiger partial charge in [0.05, 0.1) is 0 Å². The Morgan fingerprint density at radius 2 is 1.33 bits per heavy atom. The van der Waals surface area contributed by atoms with Gasteiger partial charge in [-0.15, -0.1) is 0 Å². The van der Waals surface area contributed by atoms with Gasteiger partial charge in [-0.1, -0.05) is 75.4 Å².